The number of ether oxygens (including phenoxy) is 1. The van der Waals surface area contributed by atoms with Crippen LogP contribution in [0.15, 0.2) is 48.7 Å². The van der Waals surface area contributed by atoms with E-state index in [9.17, 15) is 0 Å². The zero-order chi connectivity index (χ0) is 10.5. The molecule has 0 spiro atoms. The molecule has 0 aliphatic rings. The van der Waals surface area contributed by atoms with E-state index in [0.29, 0.717) is 17.2 Å². The third kappa shape index (κ3) is 2.32. The van der Waals surface area contributed by atoms with Crippen LogP contribution in [-0.2, 0) is 0 Å². The molecule has 0 saturated heterocycles. The predicted molar refractivity (Wildman–Crippen MR) is 55.5 cm³/mol. The zero-order valence-corrected chi connectivity index (χ0v) is 7.92. The monoisotopic (exact) mass is 196 g/mol. The smallest absolute Gasteiger partial charge is 0.219 e. The lowest BCUT2D eigenvalue weighted by Crippen LogP contribution is -1.86. The Balaban J connectivity index is 2.22. The highest BCUT2D eigenvalue weighted by Crippen LogP contribution is 2.19. The molecule has 3 nitrogen and oxygen atoms in total. The van der Waals surface area contributed by atoms with Crippen LogP contribution in [0.5, 0.6) is 11.6 Å². The van der Waals surface area contributed by atoms with Gasteiger partial charge in [-0.05, 0) is 24.3 Å². The average molecular weight is 196 g/mol. The van der Waals surface area contributed by atoms with Crippen molar-refractivity contribution in [2.75, 3.05) is 0 Å². The van der Waals surface area contributed by atoms with Crippen molar-refractivity contribution in [1.82, 2.24) is 4.98 Å². The first-order chi connectivity index (χ1) is 7.38. The molecular formula is C12H8N2O. The lowest BCUT2D eigenvalue weighted by Gasteiger charge is -2.03. The summed E-state index contributed by atoms with van der Waals surface area (Å²) in [6.07, 6.45) is 1.66. The van der Waals surface area contributed by atoms with Crippen LogP contribution in [0.2, 0.25) is 0 Å². The van der Waals surface area contributed by atoms with E-state index in [4.69, 9.17) is 10.00 Å². The summed E-state index contributed by atoms with van der Waals surface area (Å²) in [7, 11) is 0. The lowest BCUT2D eigenvalue weighted by molar-refractivity contribution is 0.463. The van der Waals surface area contributed by atoms with Gasteiger partial charge in [-0.3, -0.25) is 0 Å². The van der Waals surface area contributed by atoms with Crippen molar-refractivity contribution in [2.45, 2.75) is 0 Å². The summed E-state index contributed by atoms with van der Waals surface area (Å²) in [6, 6.07) is 14.4. The number of nitriles is 1. The molecule has 1 heterocycles. The average Bonchev–Trinajstić information content (AvgIpc) is 2.31. The maximum Gasteiger partial charge on any atom is 0.219 e. The molecule has 0 fully saturated rings. The second-order valence-corrected chi connectivity index (χ2v) is 2.91. The standard InChI is InChI=1S/C12H8N2O/c13-9-10-4-3-5-11(8-10)15-12-6-1-2-7-14-12/h1-8H. The van der Waals surface area contributed by atoms with Crippen molar-refractivity contribution in [3.63, 3.8) is 0 Å². The van der Waals surface area contributed by atoms with Crippen molar-refractivity contribution in [3.05, 3.63) is 54.2 Å². The molecule has 0 aliphatic heterocycles. The van der Waals surface area contributed by atoms with E-state index in [-0.39, 0.29) is 0 Å². The highest BCUT2D eigenvalue weighted by molar-refractivity contribution is 5.37. The SMILES string of the molecule is N#Cc1cccc(Oc2ccccn2)c1. The van der Waals surface area contributed by atoms with Crippen molar-refractivity contribution in [3.8, 4) is 17.7 Å². The highest BCUT2D eigenvalue weighted by Gasteiger charge is 1.98. The Kier molecular flexibility index (Phi) is 2.61. The van der Waals surface area contributed by atoms with E-state index < -0.39 is 0 Å². The van der Waals surface area contributed by atoms with E-state index in [1.807, 2.05) is 12.1 Å². The molecule has 0 radical (unpaired) electrons. The Morgan fingerprint density at radius 2 is 2.07 bits per heavy atom. The van der Waals surface area contributed by atoms with E-state index in [0.717, 1.165) is 0 Å². The molecule has 0 saturated carbocycles. The minimum absolute atomic E-state index is 0.521. The van der Waals surface area contributed by atoms with Crippen LogP contribution in [0, 0.1) is 11.3 Å². The first-order valence-corrected chi connectivity index (χ1v) is 4.47. The number of benzene rings is 1. The molecule has 72 valence electrons. The molecule has 1 aromatic heterocycles. The van der Waals surface area contributed by atoms with E-state index >= 15 is 0 Å². The van der Waals surface area contributed by atoms with Gasteiger partial charge in [-0.15, -0.1) is 0 Å². The molecule has 2 aromatic rings. The Labute approximate surface area is 87.6 Å². The first kappa shape index (κ1) is 9.22. The second kappa shape index (κ2) is 4.25. The molecule has 3 heteroatoms. The van der Waals surface area contributed by atoms with Crippen LogP contribution in [0.1, 0.15) is 5.56 Å². The van der Waals surface area contributed by atoms with Gasteiger partial charge in [0.15, 0.2) is 0 Å². The normalized spacial score (nSPS) is 9.27. The number of nitrogens with zero attached hydrogens (tertiary/aromatic N) is 2. The molecule has 0 aliphatic carbocycles. The summed E-state index contributed by atoms with van der Waals surface area (Å²) in [5.41, 5.74) is 0.573. The molecule has 2 rings (SSSR count). The maximum atomic E-state index is 8.71. The Hall–Kier alpha value is -2.34. The van der Waals surface area contributed by atoms with Gasteiger partial charge in [-0.2, -0.15) is 5.26 Å². The highest BCUT2D eigenvalue weighted by atomic mass is 16.5. The summed E-state index contributed by atoms with van der Waals surface area (Å²) in [6.45, 7) is 0. The minimum atomic E-state index is 0.521. The van der Waals surface area contributed by atoms with Gasteiger partial charge in [-0.25, -0.2) is 4.98 Å². The van der Waals surface area contributed by atoms with Crippen molar-refractivity contribution >= 4 is 0 Å². The van der Waals surface area contributed by atoms with Crippen molar-refractivity contribution < 1.29 is 4.74 Å². The predicted octanol–water partition coefficient (Wildman–Crippen LogP) is 2.75. The van der Waals surface area contributed by atoms with Crippen LogP contribution in [-0.4, -0.2) is 4.98 Å². The van der Waals surface area contributed by atoms with Crippen LogP contribution in [0.25, 0.3) is 0 Å². The Morgan fingerprint density at radius 1 is 1.13 bits per heavy atom. The molecule has 0 atom stereocenters. The van der Waals surface area contributed by atoms with Gasteiger partial charge in [0.25, 0.3) is 0 Å². The minimum Gasteiger partial charge on any atom is -0.439 e. The van der Waals surface area contributed by atoms with Gasteiger partial charge in [0.05, 0.1) is 11.6 Å². The lowest BCUT2D eigenvalue weighted by atomic mass is 10.2. The summed E-state index contributed by atoms with van der Waals surface area (Å²) in [5.74, 6) is 1.14. The number of pyridine rings is 1. The first-order valence-electron chi connectivity index (χ1n) is 4.47. The number of hydrogen-bond donors (Lipinski definition) is 0. The maximum absolute atomic E-state index is 8.71. The van der Waals surface area contributed by atoms with Crippen LogP contribution in [0.3, 0.4) is 0 Å². The molecule has 15 heavy (non-hydrogen) atoms. The van der Waals surface area contributed by atoms with Gasteiger partial charge < -0.3 is 4.74 Å². The van der Waals surface area contributed by atoms with Crippen molar-refractivity contribution in [2.24, 2.45) is 0 Å². The van der Waals surface area contributed by atoms with E-state index in [1.165, 1.54) is 0 Å². The molecule has 0 N–H and O–H groups in total. The third-order valence-electron chi connectivity index (χ3n) is 1.82. The molecular weight excluding hydrogens is 188 g/mol. The topological polar surface area (TPSA) is 45.9 Å². The quantitative estimate of drug-likeness (QED) is 0.741. The largest absolute Gasteiger partial charge is 0.439 e. The van der Waals surface area contributed by atoms with Gasteiger partial charge in [0.1, 0.15) is 5.75 Å². The fraction of sp³-hybridized carbons (Fsp3) is 0. The Bertz CT molecular complexity index is 488. The Morgan fingerprint density at radius 3 is 2.80 bits per heavy atom. The summed E-state index contributed by atoms with van der Waals surface area (Å²) in [4.78, 5) is 4.02. The fourth-order valence-electron chi connectivity index (χ4n) is 1.16. The van der Waals surface area contributed by atoms with E-state index in [2.05, 4.69) is 11.1 Å². The van der Waals surface area contributed by atoms with Crippen molar-refractivity contribution in [1.29, 1.82) is 5.26 Å². The molecule has 0 unspecified atom stereocenters. The van der Waals surface area contributed by atoms with E-state index in [1.54, 1.807) is 36.5 Å². The number of rotatable bonds is 2. The summed E-state index contributed by atoms with van der Waals surface area (Å²) in [5, 5.41) is 8.71. The fourth-order valence-corrected chi connectivity index (χ4v) is 1.16. The summed E-state index contributed by atoms with van der Waals surface area (Å²) < 4.78 is 5.46. The summed E-state index contributed by atoms with van der Waals surface area (Å²) >= 11 is 0. The molecule has 0 amide bonds. The van der Waals surface area contributed by atoms with Gasteiger partial charge in [0, 0.05) is 12.3 Å². The molecule has 0 bridgehead atoms. The third-order valence-corrected chi connectivity index (χ3v) is 1.82. The van der Waals surface area contributed by atoms with Crippen LogP contribution in [0.4, 0.5) is 0 Å². The van der Waals surface area contributed by atoms with Gasteiger partial charge in [-0.1, -0.05) is 12.1 Å². The zero-order valence-electron chi connectivity index (χ0n) is 7.92. The van der Waals surface area contributed by atoms with Gasteiger partial charge >= 0.3 is 0 Å². The van der Waals surface area contributed by atoms with Crippen LogP contribution >= 0.6 is 0 Å². The molecule has 1 aromatic carbocycles. The number of hydrogen-bond acceptors (Lipinski definition) is 3. The second-order valence-electron chi connectivity index (χ2n) is 2.91. The number of aromatic nitrogens is 1. The van der Waals surface area contributed by atoms with Gasteiger partial charge in [0.2, 0.25) is 5.88 Å². The van der Waals surface area contributed by atoms with Crippen LogP contribution < -0.4 is 4.74 Å².